The number of anilines is 1. The van der Waals surface area contributed by atoms with E-state index >= 15 is 0 Å². The first-order chi connectivity index (χ1) is 13.9. The van der Waals surface area contributed by atoms with E-state index in [4.69, 9.17) is 0 Å². The quantitative estimate of drug-likeness (QED) is 0.499. The molecule has 2 rings (SSSR count). The Morgan fingerprint density at radius 2 is 1.83 bits per heavy atom. The van der Waals surface area contributed by atoms with E-state index in [9.17, 15) is 19.7 Å². The van der Waals surface area contributed by atoms with Gasteiger partial charge in [-0.25, -0.2) is 0 Å². The molecular formula is C21H26N4O4. The van der Waals surface area contributed by atoms with E-state index < -0.39 is 16.9 Å². The van der Waals surface area contributed by atoms with Crippen molar-refractivity contribution >= 4 is 23.2 Å². The molecule has 0 aliphatic rings. The number of nitrogens with zero attached hydrogens (tertiary/aromatic N) is 2. The highest BCUT2D eigenvalue weighted by molar-refractivity contribution is 5.97. The summed E-state index contributed by atoms with van der Waals surface area (Å²) in [4.78, 5) is 37.9. The molecule has 8 heteroatoms. The van der Waals surface area contributed by atoms with Crippen LogP contribution in [-0.4, -0.2) is 41.3 Å². The first kappa shape index (κ1) is 22.0. The summed E-state index contributed by atoms with van der Waals surface area (Å²) < 4.78 is 0. The van der Waals surface area contributed by atoms with Crippen molar-refractivity contribution in [2.45, 2.75) is 26.8 Å². The number of nitro benzene ring substituents is 1. The number of carbonyl (C=O) groups is 2. The van der Waals surface area contributed by atoms with Crippen LogP contribution in [0, 0.1) is 17.0 Å². The van der Waals surface area contributed by atoms with Crippen LogP contribution in [0.4, 0.5) is 11.4 Å². The zero-order chi connectivity index (χ0) is 21.4. The topological polar surface area (TPSA) is 105 Å². The molecule has 0 fully saturated rings. The number of nitrogens with one attached hydrogen (secondary N) is 2. The summed E-state index contributed by atoms with van der Waals surface area (Å²) in [5, 5.41) is 16.8. The minimum Gasteiger partial charge on any atom is -0.355 e. The minimum atomic E-state index is -0.773. The van der Waals surface area contributed by atoms with Gasteiger partial charge in [-0.3, -0.25) is 24.6 Å². The lowest BCUT2D eigenvalue weighted by Gasteiger charge is -2.29. The molecule has 0 aliphatic carbocycles. The number of carbonyl (C=O) groups excluding carboxylic acids is 2. The van der Waals surface area contributed by atoms with Crippen LogP contribution in [0.3, 0.4) is 0 Å². The van der Waals surface area contributed by atoms with E-state index in [0.29, 0.717) is 18.7 Å². The van der Waals surface area contributed by atoms with Gasteiger partial charge in [0.15, 0.2) is 0 Å². The normalized spacial score (nSPS) is 11.7. The van der Waals surface area contributed by atoms with Gasteiger partial charge in [-0.15, -0.1) is 0 Å². The smallest absolute Gasteiger partial charge is 0.293 e. The van der Waals surface area contributed by atoms with Crippen LogP contribution in [0.15, 0.2) is 48.5 Å². The maximum absolute atomic E-state index is 13.2. The molecule has 2 N–H and O–H groups in total. The third kappa shape index (κ3) is 5.86. The summed E-state index contributed by atoms with van der Waals surface area (Å²) in [5.74, 6) is -0.626. The zero-order valence-corrected chi connectivity index (χ0v) is 16.8. The van der Waals surface area contributed by atoms with Gasteiger partial charge in [0.05, 0.1) is 11.5 Å². The highest BCUT2D eigenvalue weighted by Gasteiger charge is 2.29. The summed E-state index contributed by atoms with van der Waals surface area (Å²) in [5.41, 5.74) is 1.38. The Bertz CT molecular complexity index is 870. The van der Waals surface area contributed by atoms with Crippen molar-refractivity contribution in [1.82, 2.24) is 10.2 Å². The second-order valence-electron chi connectivity index (χ2n) is 6.60. The van der Waals surface area contributed by atoms with Crippen LogP contribution >= 0.6 is 0 Å². The average Bonchev–Trinajstić information content (AvgIpc) is 2.69. The molecule has 0 radical (unpaired) electrons. The summed E-state index contributed by atoms with van der Waals surface area (Å²) in [6, 6.07) is 12.9. The molecule has 0 unspecified atom stereocenters. The molecule has 0 saturated heterocycles. The standard InChI is InChI=1S/C21H26N4O4/c1-4-22-19(26)14-24(5-2)20(16-9-7-6-8-10-16)21(27)23-17-12-11-15(3)13-18(17)25(28)29/h6-13,20H,4-5,14H2,1-3H3,(H,22,26)(H,23,27)/t20-/m0/s1. The Morgan fingerprint density at radius 1 is 1.14 bits per heavy atom. The van der Waals surface area contributed by atoms with Crippen LogP contribution in [0.1, 0.15) is 31.0 Å². The first-order valence-electron chi connectivity index (χ1n) is 9.49. The molecule has 0 aromatic heterocycles. The summed E-state index contributed by atoms with van der Waals surface area (Å²) in [6.07, 6.45) is 0. The van der Waals surface area contributed by atoms with Crippen LogP contribution in [0.25, 0.3) is 0 Å². The summed E-state index contributed by atoms with van der Waals surface area (Å²) in [7, 11) is 0. The van der Waals surface area contributed by atoms with Gasteiger partial charge in [-0.1, -0.05) is 43.3 Å². The second kappa shape index (κ2) is 10.3. The van der Waals surface area contributed by atoms with Gasteiger partial charge >= 0.3 is 0 Å². The molecule has 0 saturated carbocycles. The largest absolute Gasteiger partial charge is 0.355 e. The van der Waals surface area contributed by atoms with Crippen LogP contribution < -0.4 is 10.6 Å². The van der Waals surface area contributed by atoms with Gasteiger partial charge in [-0.05, 0) is 37.6 Å². The molecule has 29 heavy (non-hydrogen) atoms. The molecule has 0 aliphatic heterocycles. The molecule has 0 bridgehead atoms. The maximum Gasteiger partial charge on any atom is 0.293 e. The fourth-order valence-electron chi connectivity index (χ4n) is 3.09. The Labute approximate surface area is 170 Å². The van der Waals surface area contributed by atoms with Crippen molar-refractivity contribution in [3.8, 4) is 0 Å². The minimum absolute atomic E-state index is 0.0350. The Hall–Kier alpha value is -3.26. The second-order valence-corrected chi connectivity index (χ2v) is 6.60. The number of benzene rings is 2. The molecule has 0 spiro atoms. The van der Waals surface area contributed by atoms with Crippen molar-refractivity contribution in [2.24, 2.45) is 0 Å². The van der Waals surface area contributed by atoms with E-state index in [2.05, 4.69) is 10.6 Å². The van der Waals surface area contributed by atoms with Crippen molar-refractivity contribution < 1.29 is 14.5 Å². The fourth-order valence-corrected chi connectivity index (χ4v) is 3.09. The monoisotopic (exact) mass is 398 g/mol. The van der Waals surface area contributed by atoms with Gasteiger partial charge in [-0.2, -0.15) is 0 Å². The number of likely N-dealkylation sites (N-methyl/N-ethyl adjacent to an activating group) is 2. The number of nitro groups is 1. The van der Waals surface area contributed by atoms with Gasteiger partial charge in [0.2, 0.25) is 11.8 Å². The Morgan fingerprint density at radius 3 is 2.41 bits per heavy atom. The lowest BCUT2D eigenvalue weighted by Crippen LogP contribution is -2.43. The van der Waals surface area contributed by atoms with E-state index in [0.717, 1.165) is 5.56 Å². The number of aryl methyl sites for hydroxylation is 1. The van der Waals surface area contributed by atoms with Crippen molar-refractivity contribution in [3.63, 3.8) is 0 Å². The van der Waals surface area contributed by atoms with Crippen LogP contribution in [0.2, 0.25) is 0 Å². The van der Waals surface area contributed by atoms with E-state index in [-0.39, 0.29) is 23.8 Å². The molecular weight excluding hydrogens is 372 g/mol. The molecule has 2 amide bonds. The average molecular weight is 398 g/mol. The van der Waals surface area contributed by atoms with Gasteiger partial charge in [0, 0.05) is 12.6 Å². The predicted octanol–water partition coefficient (Wildman–Crippen LogP) is 3.04. The van der Waals surface area contributed by atoms with Crippen LogP contribution in [0.5, 0.6) is 0 Å². The lowest BCUT2D eigenvalue weighted by atomic mass is 10.0. The Kier molecular flexibility index (Phi) is 7.85. The summed E-state index contributed by atoms with van der Waals surface area (Å²) >= 11 is 0. The fraction of sp³-hybridized carbons (Fsp3) is 0.333. The van der Waals surface area contributed by atoms with E-state index in [1.165, 1.54) is 12.1 Å². The first-order valence-corrected chi connectivity index (χ1v) is 9.49. The van der Waals surface area contributed by atoms with Gasteiger partial charge in [0.25, 0.3) is 5.69 Å². The number of rotatable bonds is 9. The molecule has 1 atom stereocenters. The van der Waals surface area contributed by atoms with Crippen LogP contribution in [-0.2, 0) is 9.59 Å². The molecule has 8 nitrogen and oxygen atoms in total. The van der Waals surface area contributed by atoms with Gasteiger partial charge < -0.3 is 10.6 Å². The molecule has 2 aromatic rings. The molecule has 2 aromatic carbocycles. The lowest BCUT2D eigenvalue weighted by molar-refractivity contribution is -0.384. The van der Waals surface area contributed by atoms with Crippen molar-refractivity contribution in [2.75, 3.05) is 25.0 Å². The SMILES string of the molecule is CCNC(=O)CN(CC)[C@H](C(=O)Nc1ccc(C)cc1[N+](=O)[O-])c1ccccc1. The van der Waals surface area contributed by atoms with Crippen molar-refractivity contribution in [3.05, 3.63) is 69.8 Å². The highest BCUT2D eigenvalue weighted by Crippen LogP contribution is 2.28. The van der Waals surface area contributed by atoms with E-state index in [1.807, 2.05) is 32.0 Å². The zero-order valence-electron chi connectivity index (χ0n) is 16.8. The number of hydrogen-bond acceptors (Lipinski definition) is 5. The van der Waals surface area contributed by atoms with Crippen molar-refractivity contribution in [1.29, 1.82) is 0 Å². The predicted molar refractivity (Wildman–Crippen MR) is 112 cm³/mol. The third-order valence-corrected chi connectivity index (χ3v) is 4.46. The maximum atomic E-state index is 13.2. The molecule has 0 heterocycles. The van der Waals surface area contributed by atoms with Gasteiger partial charge in [0.1, 0.15) is 11.7 Å². The Balaban J connectivity index is 2.37. The third-order valence-electron chi connectivity index (χ3n) is 4.46. The number of hydrogen-bond donors (Lipinski definition) is 2. The van der Waals surface area contributed by atoms with E-state index in [1.54, 1.807) is 30.0 Å². The highest BCUT2D eigenvalue weighted by atomic mass is 16.6. The summed E-state index contributed by atoms with van der Waals surface area (Å²) in [6.45, 7) is 6.40. The molecule has 154 valence electrons. The number of amides is 2.